The number of aromatic nitrogens is 2. The maximum absolute atomic E-state index is 12.6. The highest BCUT2D eigenvalue weighted by Crippen LogP contribution is 2.37. The van der Waals surface area contributed by atoms with Gasteiger partial charge in [-0.25, -0.2) is 9.78 Å². The average Bonchev–Trinajstić information content (AvgIpc) is 3.50. The second-order valence-corrected chi connectivity index (χ2v) is 9.00. The molecule has 10 heteroatoms. The lowest BCUT2D eigenvalue weighted by molar-refractivity contribution is -0.145. The summed E-state index contributed by atoms with van der Waals surface area (Å²) in [6, 6.07) is 14.1. The first-order valence-corrected chi connectivity index (χ1v) is 11.8. The summed E-state index contributed by atoms with van der Waals surface area (Å²) in [7, 11) is 2.69. The highest BCUT2D eigenvalue weighted by Gasteiger charge is 2.29. The first-order valence-electron chi connectivity index (χ1n) is 11.8. The predicted octanol–water partition coefficient (Wildman–Crippen LogP) is 3.31. The second kappa shape index (κ2) is 9.90. The molecule has 0 saturated carbocycles. The molecule has 3 heterocycles. The van der Waals surface area contributed by atoms with Crippen LogP contribution in [0.4, 0.5) is 5.69 Å². The van der Waals surface area contributed by atoms with Gasteiger partial charge in [0.05, 0.1) is 49.0 Å². The molecule has 0 aliphatic carbocycles. The summed E-state index contributed by atoms with van der Waals surface area (Å²) >= 11 is 0. The molecule has 190 valence electrons. The quantitative estimate of drug-likeness (QED) is 0.342. The SMILES string of the molecule is COC(=O)c1ccc2c(-c3ccc4cc(NC(=O)CN5CCC(C(=O)OC)C5)ccc4n3)c(O)[nH]c2c1. The first-order chi connectivity index (χ1) is 17.9. The van der Waals surface area contributed by atoms with E-state index in [1.807, 2.05) is 17.0 Å². The van der Waals surface area contributed by atoms with Crippen molar-refractivity contribution in [3.05, 3.63) is 54.1 Å². The molecular weight excluding hydrogens is 476 g/mol. The number of nitrogens with one attached hydrogen (secondary N) is 2. The molecule has 0 bridgehead atoms. The molecule has 0 radical (unpaired) electrons. The predicted molar refractivity (Wildman–Crippen MR) is 137 cm³/mol. The highest BCUT2D eigenvalue weighted by molar-refractivity contribution is 6.03. The number of aromatic amines is 1. The minimum atomic E-state index is -0.463. The van der Waals surface area contributed by atoms with Crippen LogP contribution in [0.1, 0.15) is 16.8 Å². The number of carbonyl (C=O) groups is 3. The molecule has 1 unspecified atom stereocenters. The van der Waals surface area contributed by atoms with Crippen molar-refractivity contribution in [3.8, 4) is 17.1 Å². The summed E-state index contributed by atoms with van der Waals surface area (Å²) in [6.45, 7) is 1.37. The molecule has 2 aromatic heterocycles. The van der Waals surface area contributed by atoms with Gasteiger partial charge in [-0.2, -0.15) is 0 Å². The molecule has 4 aromatic rings. The number of rotatable bonds is 6. The third kappa shape index (κ3) is 4.83. The van der Waals surface area contributed by atoms with E-state index in [4.69, 9.17) is 14.5 Å². The largest absolute Gasteiger partial charge is 0.494 e. The molecule has 2 aromatic carbocycles. The Labute approximate surface area is 212 Å². The fourth-order valence-corrected chi connectivity index (χ4v) is 4.77. The van der Waals surface area contributed by atoms with Crippen LogP contribution in [0.25, 0.3) is 33.1 Å². The summed E-state index contributed by atoms with van der Waals surface area (Å²) in [6.07, 6.45) is 0.683. The number of H-pyrrole nitrogens is 1. The van der Waals surface area contributed by atoms with Crippen molar-refractivity contribution in [2.45, 2.75) is 6.42 Å². The van der Waals surface area contributed by atoms with Crippen molar-refractivity contribution in [2.75, 3.05) is 39.2 Å². The monoisotopic (exact) mass is 502 g/mol. The number of likely N-dealkylation sites (tertiary alicyclic amines) is 1. The highest BCUT2D eigenvalue weighted by atomic mass is 16.5. The Bertz CT molecular complexity index is 1530. The maximum Gasteiger partial charge on any atom is 0.337 e. The number of pyridine rings is 1. The van der Waals surface area contributed by atoms with Crippen molar-refractivity contribution >= 4 is 45.3 Å². The van der Waals surface area contributed by atoms with Crippen LogP contribution in [-0.4, -0.2) is 71.7 Å². The van der Waals surface area contributed by atoms with Crippen LogP contribution in [0.5, 0.6) is 5.88 Å². The number of amides is 1. The zero-order valence-electron chi connectivity index (χ0n) is 20.4. The zero-order valence-corrected chi connectivity index (χ0v) is 20.4. The Morgan fingerprint density at radius 1 is 1.11 bits per heavy atom. The van der Waals surface area contributed by atoms with Crippen molar-refractivity contribution in [1.29, 1.82) is 0 Å². The number of methoxy groups -OCH3 is 2. The summed E-state index contributed by atoms with van der Waals surface area (Å²) in [5, 5.41) is 15.0. The van der Waals surface area contributed by atoms with Crippen molar-refractivity contribution in [1.82, 2.24) is 14.9 Å². The number of benzene rings is 2. The van der Waals surface area contributed by atoms with Gasteiger partial charge >= 0.3 is 11.9 Å². The van der Waals surface area contributed by atoms with Crippen molar-refractivity contribution < 1.29 is 29.0 Å². The topological polar surface area (TPSA) is 134 Å². The first kappa shape index (κ1) is 24.3. The third-order valence-electron chi connectivity index (χ3n) is 6.60. The Balaban J connectivity index is 1.32. The number of hydrogen-bond donors (Lipinski definition) is 3. The Hall–Kier alpha value is -4.44. The van der Waals surface area contributed by atoms with Crippen LogP contribution in [-0.2, 0) is 19.1 Å². The van der Waals surface area contributed by atoms with Gasteiger partial charge in [0.2, 0.25) is 5.91 Å². The van der Waals surface area contributed by atoms with Gasteiger partial charge < -0.3 is 24.9 Å². The van der Waals surface area contributed by atoms with E-state index in [9.17, 15) is 19.5 Å². The zero-order chi connectivity index (χ0) is 26.1. The minimum Gasteiger partial charge on any atom is -0.494 e. The van der Waals surface area contributed by atoms with Crippen LogP contribution in [0.2, 0.25) is 0 Å². The van der Waals surface area contributed by atoms with Crippen LogP contribution in [0.15, 0.2) is 48.5 Å². The lowest BCUT2D eigenvalue weighted by Gasteiger charge is -2.15. The van der Waals surface area contributed by atoms with E-state index in [0.717, 1.165) is 10.8 Å². The van der Waals surface area contributed by atoms with Gasteiger partial charge in [0.15, 0.2) is 5.88 Å². The molecule has 1 fully saturated rings. The van der Waals surface area contributed by atoms with Crippen LogP contribution >= 0.6 is 0 Å². The Morgan fingerprint density at radius 2 is 1.95 bits per heavy atom. The Kier molecular flexibility index (Phi) is 6.49. The van der Waals surface area contributed by atoms with Crippen molar-refractivity contribution in [2.24, 2.45) is 5.92 Å². The third-order valence-corrected chi connectivity index (χ3v) is 6.60. The smallest absolute Gasteiger partial charge is 0.337 e. The van der Waals surface area contributed by atoms with Crippen LogP contribution in [0, 0.1) is 5.92 Å². The molecule has 37 heavy (non-hydrogen) atoms. The minimum absolute atomic E-state index is 0.0518. The molecule has 1 aliphatic rings. The second-order valence-electron chi connectivity index (χ2n) is 9.00. The summed E-state index contributed by atoms with van der Waals surface area (Å²) in [5.41, 5.74) is 3.38. The molecule has 5 rings (SSSR count). The summed E-state index contributed by atoms with van der Waals surface area (Å²) < 4.78 is 9.56. The van der Waals surface area contributed by atoms with Gasteiger partial charge in [0.1, 0.15) is 0 Å². The van der Waals surface area contributed by atoms with E-state index in [0.29, 0.717) is 53.1 Å². The lowest BCUT2D eigenvalue weighted by atomic mass is 10.1. The molecule has 1 aliphatic heterocycles. The number of hydrogen-bond acceptors (Lipinski definition) is 8. The van der Waals surface area contributed by atoms with E-state index in [-0.39, 0.29) is 30.2 Å². The van der Waals surface area contributed by atoms with Gasteiger partial charge in [0, 0.05) is 28.5 Å². The van der Waals surface area contributed by atoms with E-state index >= 15 is 0 Å². The van der Waals surface area contributed by atoms with Crippen LogP contribution < -0.4 is 5.32 Å². The van der Waals surface area contributed by atoms with Crippen molar-refractivity contribution in [3.63, 3.8) is 0 Å². The summed E-state index contributed by atoms with van der Waals surface area (Å²) in [4.78, 5) is 45.6. The number of ether oxygens (including phenoxy) is 2. The van der Waals surface area contributed by atoms with Gasteiger partial charge in [-0.1, -0.05) is 12.1 Å². The Morgan fingerprint density at radius 3 is 2.73 bits per heavy atom. The van der Waals surface area contributed by atoms with E-state index in [1.165, 1.54) is 14.2 Å². The van der Waals surface area contributed by atoms with Gasteiger partial charge in [-0.15, -0.1) is 0 Å². The van der Waals surface area contributed by atoms with E-state index in [1.54, 1.807) is 36.4 Å². The number of anilines is 1. The number of nitrogens with zero attached hydrogens (tertiary/aromatic N) is 2. The van der Waals surface area contributed by atoms with Gasteiger partial charge in [0.25, 0.3) is 0 Å². The molecular formula is C27H26N4O6. The van der Waals surface area contributed by atoms with E-state index < -0.39 is 5.97 Å². The number of carbonyl (C=O) groups excluding carboxylic acids is 3. The van der Waals surface area contributed by atoms with E-state index in [2.05, 4.69) is 10.3 Å². The number of esters is 2. The number of aromatic hydroxyl groups is 1. The lowest BCUT2D eigenvalue weighted by Crippen LogP contribution is -2.32. The normalized spacial score (nSPS) is 15.7. The maximum atomic E-state index is 12.6. The van der Waals surface area contributed by atoms with Crippen LogP contribution in [0.3, 0.4) is 0 Å². The summed E-state index contributed by atoms with van der Waals surface area (Å²) in [5.74, 6) is -1.11. The fraction of sp³-hybridized carbons (Fsp3) is 0.259. The average molecular weight is 503 g/mol. The molecule has 1 saturated heterocycles. The molecule has 1 amide bonds. The molecule has 3 N–H and O–H groups in total. The molecule has 1 atom stereocenters. The molecule has 0 spiro atoms. The number of fused-ring (bicyclic) bond motifs is 2. The van der Waals surface area contributed by atoms with Gasteiger partial charge in [-0.05, 0) is 49.4 Å². The standard InChI is InChI=1S/C27H26N4O6/c1-36-26(34)16-3-6-19-22(12-16)30-25(33)24(19)21-7-4-15-11-18(5-8-20(15)29-21)28-23(32)14-31-10-9-17(13-31)27(35)37-2/h3-8,11-12,17,30,33H,9-10,13-14H2,1-2H3,(H,28,32). The fourth-order valence-electron chi connectivity index (χ4n) is 4.77. The van der Waals surface area contributed by atoms with Gasteiger partial charge in [-0.3, -0.25) is 14.5 Å². The molecule has 10 nitrogen and oxygen atoms in total.